The van der Waals surface area contributed by atoms with Crippen LogP contribution in [0.25, 0.3) is 6.08 Å². The highest BCUT2D eigenvalue weighted by Gasteiger charge is 2.35. The summed E-state index contributed by atoms with van der Waals surface area (Å²) in [7, 11) is 1.80. The van der Waals surface area contributed by atoms with Gasteiger partial charge in [-0.05, 0) is 89.8 Å². The summed E-state index contributed by atoms with van der Waals surface area (Å²) >= 11 is 0. The lowest BCUT2D eigenvalue weighted by atomic mass is 9.80. The molecule has 1 aromatic rings. The fourth-order valence-electron chi connectivity index (χ4n) is 5.12. The van der Waals surface area contributed by atoms with Gasteiger partial charge in [0.15, 0.2) is 0 Å². The molecule has 0 bridgehead atoms. The van der Waals surface area contributed by atoms with E-state index in [-0.39, 0.29) is 24.0 Å². The van der Waals surface area contributed by atoms with Gasteiger partial charge in [0.2, 0.25) is 5.91 Å². The standard InChI is InChI=1S/C27H41N3O3/c1-8-9-10-23-19(3)22-15-18(2)30(17-24(22)28-23)25(31)21-13-11-20(12-14-21)16-29(7)26(32)33-27(4,5)6/h8-10,18,20-21,28H,1,11-17H2,2-7H3/b10-9-/t18-,20?,21?/m1/s1. The number of ether oxygens (including phenoxy) is 1. The highest BCUT2D eigenvalue weighted by Crippen LogP contribution is 2.34. The number of carbonyl (C=O) groups is 2. The van der Waals surface area contributed by atoms with Gasteiger partial charge in [-0.3, -0.25) is 4.79 Å². The largest absolute Gasteiger partial charge is 0.444 e. The van der Waals surface area contributed by atoms with Gasteiger partial charge in [-0.25, -0.2) is 4.79 Å². The number of allylic oxidation sites excluding steroid dienone is 2. The van der Waals surface area contributed by atoms with Gasteiger partial charge in [-0.1, -0.05) is 18.7 Å². The van der Waals surface area contributed by atoms with Crippen molar-refractivity contribution in [3.63, 3.8) is 0 Å². The van der Waals surface area contributed by atoms with Crippen molar-refractivity contribution in [2.24, 2.45) is 11.8 Å². The zero-order valence-corrected chi connectivity index (χ0v) is 21.2. The maximum atomic E-state index is 13.4. The number of amides is 2. The molecule has 6 heteroatoms. The first-order chi connectivity index (χ1) is 15.5. The fourth-order valence-corrected chi connectivity index (χ4v) is 5.12. The number of aromatic amines is 1. The highest BCUT2D eigenvalue weighted by molar-refractivity contribution is 5.79. The first-order valence-corrected chi connectivity index (χ1v) is 12.2. The molecular formula is C27H41N3O3. The third kappa shape index (κ3) is 6.10. The fraction of sp³-hybridized carbons (Fsp3) is 0.630. The number of carbonyl (C=O) groups excluding carboxylic acids is 2. The molecule has 33 heavy (non-hydrogen) atoms. The van der Waals surface area contributed by atoms with E-state index in [4.69, 9.17) is 4.74 Å². The third-order valence-electron chi connectivity index (χ3n) is 6.98. The Kier molecular flexibility index (Phi) is 7.76. The first kappa shape index (κ1) is 25.1. The second-order valence-electron chi connectivity index (χ2n) is 10.8. The van der Waals surface area contributed by atoms with E-state index in [1.807, 2.05) is 32.9 Å². The number of H-pyrrole nitrogens is 1. The Hall–Kier alpha value is -2.50. The summed E-state index contributed by atoms with van der Waals surface area (Å²) < 4.78 is 5.47. The lowest BCUT2D eigenvalue weighted by molar-refractivity contribution is -0.140. The molecule has 1 aromatic heterocycles. The Bertz CT molecular complexity index is 900. The Morgan fingerprint density at radius 2 is 1.91 bits per heavy atom. The quantitative estimate of drug-likeness (QED) is 0.599. The zero-order chi connectivity index (χ0) is 24.3. The second-order valence-corrected chi connectivity index (χ2v) is 10.8. The van der Waals surface area contributed by atoms with Crippen molar-refractivity contribution in [2.45, 2.75) is 84.9 Å². The summed E-state index contributed by atoms with van der Waals surface area (Å²) in [5.74, 6) is 0.776. The Morgan fingerprint density at radius 1 is 1.24 bits per heavy atom. The first-order valence-electron chi connectivity index (χ1n) is 12.2. The van der Waals surface area contributed by atoms with Crippen molar-refractivity contribution >= 4 is 18.1 Å². The van der Waals surface area contributed by atoms with E-state index >= 15 is 0 Å². The molecule has 0 aromatic carbocycles. The maximum absolute atomic E-state index is 13.4. The number of nitrogens with one attached hydrogen (secondary N) is 1. The molecule has 0 saturated heterocycles. The van der Waals surface area contributed by atoms with Gasteiger partial charge in [0.05, 0.1) is 6.54 Å². The van der Waals surface area contributed by atoms with Gasteiger partial charge < -0.3 is 19.5 Å². The Balaban J connectivity index is 1.56. The molecule has 6 nitrogen and oxygen atoms in total. The summed E-state index contributed by atoms with van der Waals surface area (Å²) in [6.45, 7) is 15.0. The molecule has 182 valence electrons. The van der Waals surface area contributed by atoms with Crippen molar-refractivity contribution in [1.82, 2.24) is 14.8 Å². The van der Waals surface area contributed by atoms with Crippen LogP contribution in [0.2, 0.25) is 0 Å². The maximum Gasteiger partial charge on any atom is 0.410 e. The monoisotopic (exact) mass is 455 g/mol. The van der Waals surface area contributed by atoms with Gasteiger partial charge in [0.25, 0.3) is 0 Å². The van der Waals surface area contributed by atoms with E-state index < -0.39 is 5.60 Å². The van der Waals surface area contributed by atoms with E-state index in [1.165, 1.54) is 11.1 Å². The molecule has 0 spiro atoms. The van der Waals surface area contributed by atoms with E-state index in [0.717, 1.165) is 43.5 Å². The van der Waals surface area contributed by atoms with Crippen LogP contribution in [0, 0.1) is 18.8 Å². The lowest BCUT2D eigenvalue weighted by Crippen LogP contribution is -2.46. The molecule has 3 rings (SSSR count). The van der Waals surface area contributed by atoms with E-state index in [1.54, 1.807) is 18.0 Å². The molecule has 1 saturated carbocycles. The van der Waals surface area contributed by atoms with Crippen LogP contribution in [0.1, 0.15) is 75.9 Å². The summed E-state index contributed by atoms with van der Waals surface area (Å²) in [4.78, 5) is 33.0. The molecular weight excluding hydrogens is 414 g/mol. The van der Waals surface area contributed by atoms with E-state index in [0.29, 0.717) is 19.0 Å². The van der Waals surface area contributed by atoms with Crippen molar-refractivity contribution in [3.8, 4) is 0 Å². The molecule has 0 radical (unpaired) electrons. The molecule has 1 atom stereocenters. The van der Waals surface area contributed by atoms with Crippen LogP contribution in [0.5, 0.6) is 0 Å². The van der Waals surface area contributed by atoms with Crippen LogP contribution < -0.4 is 0 Å². The number of hydrogen-bond acceptors (Lipinski definition) is 3. The topological polar surface area (TPSA) is 65.6 Å². The molecule has 1 fully saturated rings. The minimum atomic E-state index is -0.485. The van der Waals surface area contributed by atoms with Gasteiger partial charge in [-0.2, -0.15) is 0 Å². The summed E-state index contributed by atoms with van der Waals surface area (Å²) in [5.41, 5.74) is 4.41. The molecule has 2 amide bonds. The van der Waals surface area contributed by atoms with Gasteiger partial charge >= 0.3 is 6.09 Å². The van der Waals surface area contributed by atoms with Crippen molar-refractivity contribution in [2.75, 3.05) is 13.6 Å². The molecule has 2 heterocycles. The van der Waals surface area contributed by atoms with Crippen molar-refractivity contribution < 1.29 is 14.3 Å². The Morgan fingerprint density at radius 3 is 2.52 bits per heavy atom. The average Bonchev–Trinajstić information content (AvgIpc) is 3.05. The molecule has 1 aliphatic heterocycles. The predicted molar refractivity (Wildman–Crippen MR) is 133 cm³/mol. The summed E-state index contributed by atoms with van der Waals surface area (Å²) in [5, 5.41) is 0. The summed E-state index contributed by atoms with van der Waals surface area (Å²) in [6.07, 6.45) is 10.1. The van der Waals surface area contributed by atoms with Crippen LogP contribution in [0.15, 0.2) is 18.7 Å². The van der Waals surface area contributed by atoms with Crippen LogP contribution >= 0.6 is 0 Å². The van der Waals surface area contributed by atoms with Crippen LogP contribution in [0.4, 0.5) is 4.79 Å². The molecule has 2 aliphatic rings. The number of aromatic nitrogens is 1. The minimum absolute atomic E-state index is 0.0771. The van der Waals surface area contributed by atoms with Crippen LogP contribution in [0.3, 0.4) is 0 Å². The van der Waals surface area contributed by atoms with E-state index in [2.05, 4.69) is 30.3 Å². The molecule has 1 N–H and O–H groups in total. The van der Waals surface area contributed by atoms with Gasteiger partial charge in [-0.15, -0.1) is 0 Å². The van der Waals surface area contributed by atoms with Crippen LogP contribution in [-0.2, 0) is 22.5 Å². The average molecular weight is 456 g/mol. The third-order valence-corrected chi connectivity index (χ3v) is 6.98. The SMILES string of the molecule is C=C/C=C\c1[nH]c2c(c1C)C[C@@H](C)N(C(=O)C1CCC(CN(C)C(=O)OC(C)(C)C)CC1)C2. The van der Waals surface area contributed by atoms with Gasteiger partial charge in [0, 0.05) is 36.9 Å². The van der Waals surface area contributed by atoms with Gasteiger partial charge in [0.1, 0.15) is 5.60 Å². The van der Waals surface area contributed by atoms with Crippen molar-refractivity contribution in [3.05, 3.63) is 41.2 Å². The normalized spacial score (nSPS) is 23.3. The molecule has 0 unspecified atom stereocenters. The van der Waals surface area contributed by atoms with Crippen LogP contribution in [-0.4, -0.2) is 52.0 Å². The van der Waals surface area contributed by atoms with E-state index in [9.17, 15) is 9.59 Å². The Labute approximate surface area is 199 Å². The summed E-state index contributed by atoms with van der Waals surface area (Å²) in [6, 6.07) is 0.201. The number of nitrogens with zero attached hydrogens (tertiary/aromatic N) is 2. The number of fused-ring (bicyclic) bond motifs is 1. The second kappa shape index (κ2) is 10.2. The number of rotatable bonds is 5. The minimum Gasteiger partial charge on any atom is -0.444 e. The van der Waals surface area contributed by atoms with Crippen molar-refractivity contribution in [1.29, 1.82) is 0 Å². The number of hydrogen-bond donors (Lipinski definition) is 1. The molecule has 1 aliphatic carbocycles. The smallest absolute Gasteiger partial charge is 0.410 e. The zero-order valence-electron chi connectivity index (χ0n) is 21.2. The predicted octanol–water partition coefficient (Wildman–Crippen LogP) is 5.47. The highest BCUT2D eigenvalue weighted by atomic mass is 16.6. The lowest BCUT2D eigenvalue weighted by Gasteiger charge is -2.38.